The van der Waals surface area contributed by atoms with E-state index in [-0.39, 0.29) is 38.6 Å². The average molecular weight is 890 g/mol. The van der Waals surface area contributed by atoms with Crippen LogP contribution in [0.1, 0.15) is 232 Å². The average Bonchev–Trinajstić information content (AvgIpc) is 3.24. The van der Waals surface area contributed by atoms with Crippen LogP contribution in [-0.2, 0) is 33.3 Å². The van der Waals surface area contributed by atoms with Gasteiger partial charge in [-0.15, -0.1) is 0 Å². The quantitative estimate of drug-likeness (QED) is 0.0195. The Morgan fingerprint density at radius 2 is 0.857 bits per heavy atom. The zero-order valence-corrected chi connectivity index (χ0v) is 41.7. The van der Waals surface area contributed by atoms with Crippen molar-refractivity contribution in [1.82, 2.24) is 0 Å². The molecule has 0 aliphatic rings. The summed E-state index contributed by atoms with van der Waals surface area (Å²) in [6.07, 6.45) is 50.3. The lowest BCUT2D eigenvalue weighted by atomic mass is 10.0. The van der Waals surface area contributed by atoms with E-state index in [2.05, 4.69) is 50.3 Å². The summed E-state index contributed by atoms with van der Waals surface area (Å²) in [6.45, 7) is 4.73. The Morgan fingerprint density at radius 3 is 1.27 bits per heavy atom. The van der Waals surface area contributed by atoms with Crippen molar-refractivity contribution in [3.8, 4) is 0 Å². The minimum Gasteiger partial charge on any atom is -0.545 e. The van der Waals surface area contributed by atoms with Crippen molar-refractivity contribution in [3.63, 3.8) is 0 Å². The first kappa shape index (κ1) is 60.5. The van der Waals surface area contributed by atoms with E-state index in [1.807, 2.05) is 21.1 Å². The van der Waals surface area contributed by atoms with E-state index in [4.69, 9.17) is 18.9 Å². The van der Waals surface area contributed by atoms with Gasteiger partial charge in [-0.1, -0.05) is 185 Å². The molecule has 2 atom stereocenters. The fourth-order valence-corrected chi connectivity index (χ4v) is 7.27. The summed E-state index contributed by atoms with van der Waals surface area (Å²) in [5, 5.41) is 11.7. The molecule has 0 rings (SSSR count). The topological polar surface area (TPSA) is 111 Å². The van der Waals surface area contributed by atoms with Gasteiger partial charge in [-0.3, -0.25) is 9.59 Å². The van der Waals surface area contributed by atoms with Crippen molar-refractivity contribution in [2.75, 3.05) is 47.5 Å². The summed E-state index contributed by atoms with van der Waals surface area (Å²) in [5.74, 6) is -2.29. The molecule has 0 aromatic rings. The van der Waals surface area contributed by atoms with E-state index < -0.39 is 24.3 Å². The highest BCUT2D eigenvalue weighted by molar-refractivity contribution is 5.70. The lowest BCUT2D eigenvalue weighted by molar-refractivity contribution is -0.870. The lowest BCUT2D eigenvalue weighted by Gasteiger charge is -2.26. The molecule has 0 aromatic heterocycles. The van der Waals surface area contributed by atoms with E-state index in [1.54, 1.807) is 0 Å². The number of hydrogen-bond acceptors (Lipinski definition) is 8. The molecule has 368 valence electrons. The van der Waals surface area contributed by atoms with E-state index in [0.29, 0.717) is 17.4 Å². The lowest BCUT2D eigenvalue weighted by Crippen LogP contribution is -2.44. The van der Waals surface area contributed by atoms with E-state index >= 15 is 0 Å². The molecule has 9 heteroatoms. The van der Waals surface area contributed by atoms with Crippen LogP contribution in [0.4, 0.5) is 0 Å². The first-order valence-electron chi connectivity index (χ1n) is 26.1. The number of allylic oxidation sites excluding steroid dienone is 6. The minimum absolute atomic E-state index is 0.146. The van der Waals surface area contributed by atoms with Gasteiger partial charge in [-0.05, 0) is 70.6 Å². The molecule has 0 amide bonds. The summed E-state index contributed by atoms with van der Waals surface area (Å²) in [6, 6.07) is 0. The third-order valence-corrected chi connectivity index (χ3v) is 11.4. The molecule has 0 heterocycles. The first-order valence-corrected chi connectivity index (χ1v) is 26.1. The van der Waals surface area contributed by atoms with Crippen LogP contribution < -0.4 is 5.11 Å². The molecule has 9 nitrogen and oxygen atoms in total. The third kappa shape index (κ3) is 47.3. The number of aliphatic carboxylic acids is 1. The molecule has 0 saturated heterocycles. The van der Waals surface area contributed by atoms with Gasteiger partial charge in [0.1, 0.15) is 13.2 Å². The third-order valence-electron chi connectivity index (χ3n) is 11.4. The minimum atomic E-state index is -1.62. The highest BCUT2D eigenvalue weighted by Gasteiger charge is 2.22. The van der Waals surface area contributed by atoms with E-state index in [1.165, 1.54) is 135 Å². The Morgan fingerprint density at radius 1 is 0.476 bits per heavy atom. The predicted molar refractivity (Wildman–Crippen MR) is 260 cm³/mol. The van der Waals surface area contributed by atoms with Gasteiger partial charge in [-0.2, -0.15) is 0 Å². The van der Waals surface area contributed by atoms with Crippen molar-refractivity contribution in [1.29, 1.82) is 0 Å². The maximum atomic E-state index is 12.8. The van der Waals surface area contributed by atoms with Gasteiger partial charge in [0, 0.05) is 12.8 Å². The second-order valence-electron chi connectivity index (χ2n) is 18.8. The summed E-state index contributed by atoms with van der Waals surface area (Å²) in [7, 11) is 5.91. The normalized spacial score (nSPS) is 13.1. The molecule has 63 heavy (non-hydrogen) atoms. The number of quaternary nitrogens is 1. The molecule has 0 N–H and O–H groups in total. The fourth-order valence-electron chi connectivity index (χ4n) is 7.27. The van der Waals surface area contributed by atoms with Crippen molar-refractivity contribution in [2.45, 2.75) is 245 Å². The van der Waals surface area contributed by atoms with Crippen molar-refractivity contribution < 1.29 is 42.9 Å². The Bertz CT molecular complexity index is 1130. The number of carboxylic acid groups (broad SMARTS) is 1. The number of esters is 2. The van der Waals surface area contributed by atoms with Crippen LogP contribution >= 0.6 is 0 Å². The number of rotatable bonds is 48. The Kier molecular flexibility index (Phi) is 44.2. The molecule has 0 fully saturated rings. The molecule has 0 aliphatic heterocycles. The monoisotopic (exact) mass is 890 g/mol. The SMILES string of the molecule is CCCCCCC/C=C\C/C=C\CCCCCCCCCCCCCC(=O)OC(COC(=O)CCCCCCC/C=C\CCCCCCCC)COC(OCC[N+](C)(C)C)C(=O)[O-]. The van der Waals surface area contributed by atoms with Crippen molar-refractivity contribution in [3.05, 3.63) is 36.5 Å². The number of carbonyl (C=O) groups excluding carboxylic acids is 3. The van der Waals surface area contributed by atoms with Crippen molar-refractivity contribution in [2.24, 2.45) is 0 Å². The van der Waals surface area contributed by atoms with Crippen LogP contribution in [0.5, 0.6) is 0 Å². The second-order valence-corrected chi connectivity index (χ2v) is 18.8. The van der Waals surface area contributed by atoms with Crippen LogP contribution in [-0.4, -0.2) is 82.3 Å². The summed E-state index contributed by atoms with van der Waals surface area (Å²) < 4.78 is 22.6. The largest absolute Gasteiger partial charge is 0.545 e. The standard InChI is InChI=1S/C54H99NO8/c1-6-8-10-12-14-16-18-20-22-23-24-25-26-27-28-29-31-33-35-37-39-41-43-45-52(57)63-50(49-62-54(53(58)59)60-47-46-55(3,4)5)48-61-51(56)44-42-40-38-36-34-32-30-21-19-17-15-13-11-9-7-2/h18,20-21,23-24,30,50,54H,6-17,19,22,25-29,31-49H2,1-5H3/b20-18-,24-23-,30-21-. The van der Waals surface area contributed by atoms with Gasteiger partial charge in [0.15, 0.2) is 12.4 Å². The molecule has 0 bridgehead atoms. The second kappa shape index (κ2) is 46.1. The fraction of sp³-hybridized carbons (Fsp3) is 0.833. The van der Waals surface area contributed by atoms with Gasteiger partial charge in [0.05, 0.1) is 40.3 Å². The molecule has 0 saturated carbocycles. The molecule has 0 spiro atoms. The zero-order valence-electron chi connectivity index (χ0n) is 41.7. The summed E-state index contributed by atoms with van der Waals surface area (Å²) in [4.78, 5) is 37.1. The zero-order chi connectivity index (χ0) is 46.3. The number of hydrogen-bond donors (Lipinski definition) is 0. The smallest absolute Gasteiger partial charge is 0.306 e. The highest BCUT2D eigenvalue weighted by atomic mass is 16.7. The molecular formula is C54H99NO8. The van der Waals surface area contributed by atoms with E-state index in [9.17, 15) is 19.5 Å². The number of nitrogens with zero attached hydrogens (tertiary/aromatic N) is 1. The predicted octanol–water partition coefficient (Wildman–Crippen LogP) is 13.2. The number of ether oxygens (including phenoxy) is 4. The van der Waals surface area contributed by atoms with Gasteiger partial charge < -0.3 is 33.3 Å². The maximum absolute atomic E-state index is 12.8. The maximum Gasteiger partial charge on any atom is 0.306 e. The summed E-state index contributed by atoms with van der Waals surface area (Å²) >= 11 is 0. The highest BCUT2D eigenvalue weighted by Crippen LogP contribution is 2.15. The number of carboxylic acids is 1. The number of carbonyl (C=O) groups is 3. The molecular weight excluding hydrogens is 791 g/mol. The molecule has 0 radical (unpaired) electrons. The molecule has 0 aliphatic carbocycles. The van der Waals surface area contributed by atoms with Gasteiger partial charge in [0.2, 0.25) is 0 Å². The Balaban J connectivity index is 4.31. The van der Waals surface area contributed by atoms with Gasteiger partial charge in [-0.25, -0.2) is 0 Å². The van der Waals surface area contributed by atoms with Crippen LogP contribution in [0.2, 0.25) is 0 Å². The van der Waals surface area contributed by atoms with Crippen LogP contribution in [0.3, 0.4) is 0 Å². The van der Waals surface area contributed by atoms with Gasteiger partial charge >= 0.3 is 11.9 Å². The summed E-state index contributed by atoms with van der Waals surface area (Å²) in [5.41, 5.74) is 0. The number of likely N-dealkylation sites (N-methyl/N-ethyl adjacent to an activating group) is 1. The van der Waals surface area contributed by atoms with Crippen LogP contribution in [0.25, 0.3) is 0 Å². The Labute approximate surface area is 388 Å². The Hall–Kier alpha value is -2.49. The molecule has 2 unspecified atom stereocenters. The van der Waals surface area contributed by atoms with Crippen LogP contribution in [0, 0.1) is 0 Å². The number of unbranched alkanes of at least 4 members (excludes halogenated alkanes) is 27. The first-order chi connectivity index (χ1) is 30.6. The van der Waals surface area contributed by atoms with Crippen LogP contribution in [0.15, 0.2) is 36.5 Å². The molecule has 0 aromatic carbocycles. The van der Waals surface area contributed by atoms with E-state index in [0.717, 1.165) is 64.2 Å². The van der Waals surface area contributed by atoms with Gasteiger partial charge in [0.25, 0.3) is 0 Å². The van der Waals surface area contributed by atoms with Crippen molar-refractivity contribution >= 4 is 17.9 Å².